The molecule has 0 saturated heterocycles. The Labute approximate surface area is 101 Å². The maximum atomic E-state index is 8.65. The third kappa shape index (κ3) is 6.49. The van der Waals surface area contributed by atoms with Crippen LogP contribution in [0.1, 0.15) is 58.3 Å². The van der Waals surface area contributed by atoms with Gasteiger partial charge in [0.15, 0.2) is 0 Å². The predicted molar refractivity (Wildman–Crippen MR) is 69.5 cm³/mol. The van der Waals surface area contributed by atoms with Crippen LogP contribution < -0.4 is 5.32 Å². The van der Waals surface area contributed by atoms with Crippen LogP contribution in [0.4, 0.5) is 0 Å². The van der Waals surface area contributed by atoms with E-state index in [1.54, 1.807) is 0 Å². The third-order valence-corrected chi connectivity index (χ3v) is 3.74. The molecule has 1 saturated carbocycles. The molecule has 0 spiro atoms. The average molecular weight is 227 g/mol. The molecule has 96 valence electrons. The molecule has 16 heavy (non-hydrogen) atoms. The van der Waals surface area contributed by atoms with Crippen molar-refractivity contribution in [3.63, 3.8) is 0 Å². The summed E-state index contributed by atoms with van der Waals surface area (Å²) in [7, 11) is 0. The number of rotatable bonds is 8. The first-order valence-corrected chi connectivity index (χ1v) is 7.14. The third-order valence-electron chi connectivity index (χ3n) is 3.74. The van der Waals surface area contributed by atoms with E-state index in [2.05, 4.69) is 12.2 Å². The highest BCUT2D eigenvalue weighted by Crippen LogP contribution is 2.27. The molecule has 1 aliphatic carbocycles. The molecular formula is C14H29NO. The van der Waals surface area contributed by atoms with E-state index in [1.807, 2.05) is 0 Å². The van der Waals surface area contributed by atoms with Crippen molar-refractivity contribution in [3.8, 4) is 0 Å². The second-order valence-electron chi connectivity index (χ2n) is 5.48. The van der Waals surface area contributed by atoms with Gasteiger partial charge in [-0.25, -0.2) is 0 Å². The molecule has 0 aliphatic heterocycles. The van der Waals surface area contributed by atoms with Gasteiger partial charge in [-0.05, 0) is 50.6 Å². The van der Waals surface area contributed by atoms with E-state index in [4.69, 9.17) is 5.11 Å². The molecule has 2 atom stereocenters. The normalized spacial score (nSPS) is 25.9. The SMILES string of the molecule is CC1CCCC(CNCCCCCCO)C1. The van der Waals surface area contributed by atoms with Crippen LogP contribution in [0.25, 0.3) is 0 Å². The monoisotopic (exact) mass is 227 g/mol. The van der Waals surface area contributed by atoms with E-state index in [0.29, 0.717) is 6.61 Å². The molecule has 2 N–H and O–H groups in total. The van der Waals surface area contributed by atoms with Crippen molar-refractivity contribution in [2.24, 2.45) is 11.8 Å². The second kappa shape index (κ2) is 9.00. The summed E-state index contributed by atoms with van der Waals surface area (Å²) in [5.41, 5.74) is 0. The van der Waals surface area contributed by atoms with Crippen LogP contribution in [0.3, 0.4) is 0 Å². The van der Waals surface area contributed by atoms with Crippen molar-refractivity contribution >= 4 is 0 Å². The van der Waals surface area contributed by atoms with Gasteiger partial charge in [0.1, 0.15) is 0 Å². The zero-order valence-electron chi connectivity index (χ0n) is 10.9. The van der Waals surface area contributed by atoms with Gasteiger partial charge in [0, 0.05) is 6.61 Å². The Kier molecular flexibility index (Phi) is 7.87. The maximum Gasteiger partial charge on any atom is 0.0431 e. The van der Waals surface area contributed by atoms with Gasteiger partial charge in [0.25, 0.3) is 0 Å². The van der Waals surface area contributed by atoms with Crippen molar-refractivity contribution in [1.29, 1.82) is 0 Å². The first kappa shape index (κ1) is 14.0. The topological polar surface area (TPSA) is 32.3 Å². The minimum atomic E-state index is 0.355. The molecular weight excluding hydrogens is 198 g/mol. The number of aliphatic hydroxyl groups is 1. The number of unbranched alkanes of at least 4 members (excludes halogenated alkanes) is 3. The second-order valence-corrected chi connectivity index (χ2v) is 5.48. The first-order chi connectivity index (χ1) is 7.83. The molecule has 0 heterocycles. The molecule has 0 aromatic heterocycles. The lowest BCUT2D eigenvalue weighted by Crippen LogP contribution is -2.27. The first-order valence-electron chi connectivity index (χ1n) is 7.14. The smallest absolute Gasteiger partial charge is 0.0431 e. The molecule has 2 heteroatoms. The molecule has 2 unspecified atom stereocenters. The summed E-state index contributed by atoms with van der Waals surface area (Å²) in [6, 6.07) is 0. The molecule has 1 rings (SSSR count). The van der Waals surface area contributed by atoms with Crippen molar-refractivity contribution in [3.05, 3.63) is 0 Å². The summed E-state index contributed by atoms with van der Waals surface area (Å²) < 4.78 is 0. The van der Waals surface area contributed by atoms with Gasteiger partial charge in [-0.3, -0.25) is 0 Å². The Morgan fingerprint density at radius 3 is 2.69 bits per heavy atom. The van der Waals surface area contributed by atoms with E-state index in [0.717, 1.165) is 24.8 Å². The van der Waals surface area contributed by atoms with Crippen LogP contribution in [0.2, 0.25) is 0 Å². The van der Waals surface area contributed by atoms with Crippen LogP contribution in [0.5, 0.6) is 0 Å². The summed E-state index contributed by atoms with van der Waals surface area (Å²) in [4.78, 5) is 0. The lowest BCUT2D eigenvalue weighted by Gasteiger charge is -2.26. The van der Waals surface area contributed by atoms with Crippen molar-refractivity contribution < 1.29 is 5.11 Å². The van der Waals surface area contributed by atoms with Gasteiger partial charge >= 0.3 is 0 Å². The Hall–Kier alpha value is -0.0800. The average Bonchev–Trinajstić information content (AvgIpc) is 2.28. The molecule has 0 amide bonds. The number of nitrogens with one attached hydrogen (secondary N) is 1. The Morgan fingerprint density at radius 1 is 1.12 bits per heavy atom. The zero-order valence-corrected chi connectivity index (χ0v) is 10.9. The molecule has 0 aromatic rings. The number of hydrogen-bond acceptors (Lipinski definition) is 2. The highest BCUT2D eigenvalue weighted by molar-refractivity contribution is 4.72. The fourth-order valence-electron chi connectivity index (χ4n) is 2.77. The predicted octanol–water partition coefficient (Wildman–Crippen LogP) is 2.96. The van der Waals surface area contributed by atoms with Gasteiger partial charge < -0.3 is 10.4 Å². The Morgan fingerprint density at radius 2 is 1.94 bits per heavy atom. The van der Waals surface area contributed by atoms with Crippen LogP contribution in [-0.2, 0) is 0 Å². The summed E-state index contributed by atoms with van der Waals surface area (Å²) in [6.07, 6.45) is 10.4. The maximum absolute atomic E-state index is 8.65. The molecule has 0 radical (unpaired) electrons. The van der Waals surface area contributed by atoms with Crippen LogP contribution in [-0.4, -0.2) is 24.8 Å². The standard InChI is InChI=1S/C14H29NO/c1-13-7-6-8-14(11-13)12-15-9-4-2-3-5-10-16/h13-16H,2-12H2,1H3. The lowest BCUT2D eigenvalue weighted by atomic mass is 9.82. The Balaban J connectivity index is 1.86. The summed E-state index contributed by atoms with van der Waals surface area (Å²) in [6.45, 7) is 5.13. The fourth-order valence-corrected chi connectivity index (χ4v) is 2.77. The van der Waals surface area contributed by atoms with E-state index < -0.39 is 0 Å². The van der Waals surface area contributed by atoms with Crippen molar-refractivity contribution in [1.82, 2.24) is 5.32 Å². The molecule has 0 aromatic carbocycles. The van der Waals surface area contributed by atoms with Gasteiger partial charge in [-0.2, -0.15) is 0 Å². The minimum absolute atomic E-state index is 0.355. The van der Waals surface area contributed by atoms with Crippen molar-refractivity contribution in [2.45, 2.75) is 58.3 Å². The Bertz CT molecular complexity index is 161. The largest absolute Gasteiger partial charge is 0.396 e. The highest BCUT2D eigenvalue weighted by Gasteiger charge is 2.17. The summed E-state index contributed by atoms with van der Waals surface area (Å²) >= 11 is 0. The summed E-state index contributed by atoms with van der Waals surface area (Å²) in [5, 5.41) is 12.2. The van der Waals surface area contributed by atoms with E-state index in [-0.39, 0.29) is 0 Å². The lowest BCUT2D eigenvalue weighted by molar-refractivity contribution is 0.272. The molecule has 0 bridgehead atoms. The molecule has 2 nitrogen and oxygen atoms in total. The van der Waals surface area contributed by atoms with E-state index in [9.17, 15) is 0 Å². The number of hydrogen-bond donors (Lipinski definition) is 2. The minimum Gasteiger partial charge on any atom is -0.396 e. The van der Waals surface area contributed by atoms with Crippen LogP contribution in [0.15, 0.2) is 0 Å². The molecule has 1 aliphatic rings. The van der Waals surface area contributed by atoms with Crippen LogP contribution >= 0.6 is 0 Å². The number of aliphatic hydroxyl groups excluding tert-OH is 1. The fraction of sp³-hybridized carbons (Fsp3) is 1.00. The van der Waals surface area contributed by atoms with Gasteiger partial charge in [-0.1, -0.05) is 32.6 Å². The molecule has 1 fully saturated rings. The quantitative estimate of drug-likeness (QED) is 0.625. The zero-order chi connectivity index (χ0) is 11.6. The highest BCUT2D eigenvalue weighted by atomic mass is 16.2. The van der Waals surface area contributed by atoms with E-state index in [1.165, 1.54) is 51.5 Å². The van der Waals surface area contributed by atoms with Gasteiger partial charge in [0.2, 0.25) is 0 Å². The van der Waals surface area contributed by atoms with Gasteiger partial charge in [0.05, 0.1) is 0 Å². The van der Waals surface area contributed by atoms with E-state index >= 15 is 0 Å². The van der Waals surface area contributed by atoms with Crippen LogP contribution in [0, 0.1) is 11.8 Å². The van der Waals surface area contributed by atoms with Crippen molar-refractivity contribution in [2.75, 3.05) is 19.7 Å². The summed E-state index contributed by atoms with van der Waals surface area (Å²) in [5.74, 6) is 1.88. The van der Waals surface area contributed by atoms with Gasteiger partial charge in [-0.15, -0.1) is 0 Å².